The van der Waals surface area contributed by atoms with Gasteiger partial charge in [-0.15, -0.1) is 0 Å². The fraction of sp³-hybridized carbons (Fsp3) is 0.400. The van der Waals surface area contributed by atoms with Crippen molar-refractivity contribution in [2.45, 2.75) is 12.5 Å². The lowest BCUT2D eigenvalue weighted by Crippen LogP contribution is -2.35. The van der Waals surface area contributed by atoms with E-state index in [1.54, 1.807) is 18.2 Å². The van der Waals surface area contributed by atoms with Crippen LogP contribution in [0.4, 0.5) is 5.69 Å². The van der Waals surface area contributed by atoms with Crippen LogP contribution in [0.25, 0.3) is 0 Å². The van der Waals surface area contributed by atoms with Gasteiger partial charge in [-0.25, -0.2) is 0 Å². The molecule has 5 nitrogen and oxygen atoms in total. The maximum atomic E-state index is 10.9. The Balaban J connectivity index is 2.47. The lowest BCUT2D eigenvalue weighted by molar-refractivity contribution is -0.386. The number of benzene rings is 1. The third-order valence-electron chi connectivity index (χ3n) is 2.63. The van der Waals surface area contributed by atoms with Gasteiger partial charge in [0.05, 0.1) is 17.6 Å². The molecule has 0 aliphatic carbocycles. The number of nitrogens with zero attached hydrogens (tertiary/aromatic N) is 1. The zero-order chi connectivity index (χ0) is 10.8. The van der Waals surface area contributed by atoms with E-state index in [9.17, 15) is 10.1 Å². The number of nitrogens with one attached hydrogen (secondary N) is 1. The molecule has 0 bridgehead atoms. The molecule has 1 unspecified atom stereocenters. The molecule has 1 heterocycles. The van der Waals surface area contributed by atoms with Gasteiger partial charge in [0.15, 0.2) is 5.75 Å². The smallest absolute Gasteiger partial charge is 0.315 e. The standard InChI is InChI=1S/C10H12N2O3/c1-15-9-4-2-3-7(8-5-6-11-8)10(9)12(13)14/h2-4,8,11H,5-6H2,1H3. The second kappa shape index (κ2) is 3.86. The van der Waals surface area contributed by atoms with Crippen molar-refractivity contribution < 1.29 is 9.66 Å². The number of ether oxygens (including phenoxy) is 1. The van der Waals surface area contributed by atoms with Crippen LogP contribution in [0.1, 0.15) is 18.0 Å². The molecule has 0 spiro atoms. The fourth-order valence-corrected chi connectivity index (χ4v) is 1.73. The number of nitro groups is 1. The summed E-state index contributed by atoms with van der Waals surface area (Å²) in [5, 5.41) is 14.1. The summed E-state index contributed by atoms with van der Waals surface area (Å²) in [6, 6.07) is 5.26. The second-order valence-electron chi connectivity index (χ2n) is 3.45. The Kier molecular flexibility index (Phi) is 2.55. The van der Waals surface area contributed by atoms with E-state index in [1.165, 1.54) is 7.11 Å². The number of methoxy groups -OCH3 is 1. The van der Waals surface area contributed by atoms with Crippen LogP contribution in [0.2, 0.25) is 0 Å². The van der Waals surface area contributed by atoms with Gasteiger partial charge in [0.25, 0.3) is 0 Å². The molecular formula is C10H12N2O3. The number of para-hydroxylation sites is 1. The highest BCUT2D eigenvalue weighted by atomic mass is 16.6. The Morgan fingerprint density at radius 1 is 1.60 bits per heavy atom. The average molecular weight is 208 g/mol. The van der Waals surface area contributed by atoms with Gasteiger partial charge in [0.1, 0.15) is 0 Å². The maximum Gasteiger partial charge on any atom is 0.315 e. The Labute approximate surface area is 87.2 Å². The van der Waals surface area contributed by atoms with Crippen LogP contribution in [-0.4, -0.2) is 18.6 Å². The summed E-state index contributed by atoms with van der Waals surface area (Å²) in [5.74, 6) is 0.325. The van der Waals surface area contributed by atoms with Crippen molar-refractivity contribution in [3.8, 4) is 5.75 Å². The quantitative estimate of drug-likeness (QED) is 0.605. The first kappa shape index (κ1) is 9.92. The fourth-order valence-electron chi connectivity index (χ4n) is 1.73. The average Bonchev–Trinajstić information content (AvgIpc) is 2.14. The molecular weight excluding hydrogens is 196 g/mol. The van der Waals surface area contributed by atoms with Crippen LogP contribution in [0, 0.1) is 10.1 Å². The van der Waals surface area contributed by atoms with Gasteiger partial charge >= 0.3 is 5.69 Å². The first-order valence-electron chi connectivity index (χ1n) is 4.78. The highest BCUT2D eigenvalue weighted by molar-refractivity contribution is 5.54. The lowest BCUT2D eigenvalue weighted by Gasteiger charge is -2.27. The van der Waals surface area contributed by atoms with E-state index in [0.29, 0.717) is 11.3 Å². The van der Waals surface area contributed by atoms with Crippen LogP contribution in [-0.2, 0) is 0 Å². The van der Waals surface area contributed by atoms with Gasteiger partial charge in [-0.1, -0.05) is 12.1 Å². The first-order chi connectivity index (χ1) is 7.24. The van der Waals surface area contributed by atoms with E-state index in [4.69, 9.17) is 4.74 Å². The summed E-state index contributed by atoms with van der Waals surface area (Å²) < 4.78 is 5.00. The van der Waals surface area contributed by atoms with Gasteiger partial charge in [0.2, 0.25) is 0 Å². The molecule has 15 heavy (non-hydrogen) atoms. The largest absolute Gasteiger partial charge is 0.490 e. The van der Waals surface area contributed by atoms with Gasteiger partial charge < -0.3 is 10.1 Å². The van der Waals surface area contributed by atoms with E-state index >= 15 is 0 Å². The van der Waals surface area contributed by atoms with Crippen molar-refractivity contribution in [2.75, 3.05) is 13.7 Å². The number of hydrogen-bond donors (Lipinski definition) is 1. The third kappa shape index (κ3) is 1.66. The Bertz CT molecular complexity index is 388. The third-order valence-corrected chi connectivity index (χ3v) is 2.63. The highest BCUT2D eigenvalue weighted by Crippen LogP contribution is 2.37. The van der Waals surface area contributed by atoms with E-state index in [0.717, 1.165) is 13.0 Å². The zero-order valence-electron chi connectivity index (χ0n) is 8.40. The molecule has 1 aromatic carbocycles. The minimum Gasteiger partial charge on any atom is -0.490 e. The molecule has 0 saturated carbocycles. The number of nitro benzene ring substituents is 1. The Morgan fingerprint density at radius 2 is 2.33 bits per heavy atom. The van der Waals surface area contributed by atoms with Crippen molar-refractivity contribution in [1.29, 1.82) is 0 Å². The summed E-state index contributed by atoms with van der Waals surface area (Å²) in [7, 11) is 1.44. The molecule has 80 valence electrons. The summed E-state index contributed by atoms with van der Waals surface area (Å²) in [6.07, 6.45) is 0.938. The van der Waals surface area contributed by atoms with Gasteiger partial charge in [-0.3, -0.25) is 10.1 Å². The van der Waals surface area contributed by atoms with Crippen LogP contribution >= 0.6 is 0 Å². The van der Waals surface area contributed by atoms with E-state index in [2.05, 4.69) is 5.32 Å². The van der Waals surface area contributed by atoms with E-state index in [-0.39, 0.29) is 16.7 Å². The Morgan fingerprint density at radius 3 is 2.80 bits per heavy atom. The lowest BCUT2D eigenvalue weighted by atomic mass is 9.96. The molecule has 2 rings (SSSR count). The SMILES string of the molecule is COc1cccc(C2CCN2)c1[N+](=O)[O-]. The summed E-state index contributed by atoms with van der Waals surface area (Å²) in [5.41, 5.74) is 0.794. The monoisotopic (exact) mass is 208 g/mol. The molecule has 5 heteroatoms. The van der Waals surface area contributed by atoms with Crippen molar-refractivity contribution in [1.82, 2.24) is 5.32 Å². The number of hydrogen-bond acceptors (Lipinski definition) is 4. The van der Waals surface area contributed by atoms with Crippen LogP contribution in [0.5, 0.6) is 5.75 Å². The van der Waals surface area contributed by atoms with Crippen LogP contribution < -0.4 is 10.1 Å². The first-order valence-corrected chi connectivity index (χ1v) is 4.78. The maximum absolute atomic E-state index is 10.9. The van der Waals surface area contributed by atoms with Crippen molar-refractivity contribution in [2.24, 2.45) is 0 Å². The van der Waals surface area contributed by atoms with Crippen molar-refractivity contribution in [3.05, 3.63) is 33.9 Å². The number of rotatable bonds is 3. The van der Waals surface area contributed by atoms with E-state index in [1.807, 2.05) is 0 Å². The summed E-state index contributed by atoms with van der Waals surface area (Å²) in [4.78, 5) is 10.6. The molecule has 1 fully saturated rings. The molecule has 1 saturated heterocycles. The van der Waals surface area contributed by atoms with Crippen LogP contribution in [0.15, 0.2) is 18.2 Å². The highest BCUT2D eigenvalue weighted by Gasteiger charge is 2.29. The molecule has 1 N–H and O–H groups in total. The van der Waals surface area contributed by atoms with E-state index < -0.39 is 0 Å². The van der Waals surface area contributed by atoms with Crippen molar-refractivity contribution in [3.63, 3.8) is 0 Å². The predicted molar refractivity (Wildman–Crippen MR) is 55.0 cm³/mol. The van der Waals surface area contributed by atoms with Crippen molar-refractivity contribution >= 4 is 5.69 Å². The summed E-state index contributed by atoms with van der Waals surface area (Å²) >= 11 is 0. The molecule has 1 atom stereocenters. The molecule has 0 aromatic heterocycles. The zero-order valence-corrected chi connectivity index (χ0v) is 8.40. The predicted octanol–water partition coefficient (Wildman–Crippen LogP) is 1.64. The van der Waals surface area contributed by atoms with Crippen LogP contribution in [0.3, 0.4) is 0 Å². The topological polar surface area (TPSA) is 64.4 Å². The van der Waals surface area contributed by atoms with Gasteiger partial charge in [-0.2, -0.15) is 0 Å². The van der Waals surface area contributed by atoms with Gasteiger partial charge in [-0.05, 0) is 19.0 Å². The Hall–Kier alpha value is -1.62. The molecule has 1 aliphatic heterocycles. The molecule has 1 aliphatic rings. The summed E-state index contributed by atoms with van der Waals surface area (Å²) in [6.45, 7) is 0.916. The minimum atomic E-state index is -0.381. The molecule has 0 radical (unpaired) electrons. The minimum absolute atomic E-state index is 0.0807. The molecule has 1 aromatic rings. The van der Waals surface area contributed by atoms with Gasteiger partial charge in [0, 0.05) is 6.04 Å². The normalized spacial score (nSPS) is 19.4. The second-order valence-corrected chi connectivity index (χ2v) is 3.45. The molecule has 0 amide bonds.